The fourth-order valence-electron chi connectivity index (χ4n) is 4.85. The first-order valence-corrected chi connectivity index (χ1v) is 12.5. The van der Waals surface area contributed by atoms with Crippen molar-refractivity contribution in [2.75, 3.05) is 6.54 Å². The lowest BCUT2D eigenvalue weighted by Crippen LogP contribution is -2.12. The van der Waals surface area contributed by atoms with Crippen molar-refractivity contribution in [2.24, 2.45) is 5.73 Å². The van der Waals surface area contributed by atoms with Gasteiger partial charge in [0.25, 0.3) is 5.56 Å². The second-order valence-corrected chi connectivity index (χ2v) is 9.41. The van der Waals surface area contributed by atoms with Gasteiger partial charge in [-0.1, -0.05) is 41.9 Å². The summed E-state index contributed by atoms with van der Waals surface area (Å²) in [6, 6.07) is 19.1. The molecule has 0 unspecified atom stereocenters. The molecule has 9 nitrogen and oxygen atoms in total. The zero-order valence-corrected chi connectivity index (χ0v) is 21.2. The molecular weight excluding hydrogens is 504 g/mol. The molecule has 38 heavy (non-hydrogen) atoms. The Bertz CT molecular complexity index is 1900. The van der Waals surface area contributed by atoms with Crippen molar-refractivity contribution in [1.29, 1.82) is 0 Å². The molecule has 0 bridgehead atoms. The van der Waals surface area contributed by atoms with E-state index in [1.807, 2.05) is 48.5 Å². The van der Waals surface area contributed by atoms with Crippen LogP contribution in [0.5, 0.6) is 6.01 Å². The molecule has 3 heterocycles. The number of aryl methyl sites for hydroxylation is 1. The fraction of sp³-hybridized carbons (Fsp3) is 0.143. The number of imidazole rings is 1. The molecule has 0 atom stereocenters. The van der Waals surface area contributed by atoms with Gasteiger partial charge >= 0.3 is 12.0 Å². The van der Waals surface area contributed by atoms with Crippen molar-refractivity contribution in [3.8, 4) is 28.5 Å². The number of fused-ring (bicyclic) bond motifs is 3. The molecule has 0 amide bonds. The molecule has 0 saturated carbocycles. The van der Waals surface area contributed by atoms with Crippen molar-refractivity contribution >= 4 is 50.5 Å². The van der Waals surface area contributed by atoms with Gasteiger partial charge in [-0.25, -0.2) is 4.98 Å². The van der Waals surface area contributed by atoms with Crippen molar-refractivity contribution in [2.45, 2.75) is 19.9 Å². The molecular formula is C28H23ClN6O3. The zero-order chi connectivity index (χ0) is 26.4. The number of carbonyl (C=O) groups is 1. The van der Waals surface area contributed by atoms with E-state index in [0.29, 0.717) is 45.9 Å². The lowest BCUT2D eigenvalue weighted by atomic mass is 10.0. The maximum Gasteiger partial charge on any atom is 0.310 e. The third-order valence-electron chi connectivity index (χ3n) is 6.42. The molecule has 190 valence electrons. The Morgan fingerprint density at radius 2 is 1.74 bits per heavy atom. The molecule has 0 radical (unpaired) electrons. The Balaban J connectivity index is 1.63. The summed E-state index contributed by atoms with van der Waals surface area (Å²) in [6.45, 7) is 2.51. The highest BCUT2D eigenvalue weighted by Gasteiger charge is 2.23. The Morgan fingerprint density at radius 3 is 2.47 bits per heavy atom. The van der Waals surface area contributed by atoms with Crippen molar-refractivity contribution in [1.82, 2.24) is 24.5 Å². The molecule has 0 aliphatic rings. The summed E-state index contributed by atoms with van der Waals surface area (Å²) >= 11 is 6.20. The summed E-state index contributed by atoms with van der Waals surface area (Å²) < 4.78 is 7.27. The Labute approximate surface area is 221 Å². The number of hydrogen-bond donors (Lipinski definition) is 3. The second-order valence-electron chi connectivity index (χ2n) is 8.98. The first-order valence-electron chi connectivity index (χ1n) is 12.1. The van der Waals surface area contributed by atoms with Gasteiger partial charge in [-0.2, -0.15) is 4.98 Å². The lowest BCUT2D eigenvalue weighted by Gasteiger charge is -2.13. The number of nitrogens with one attached hydrogen (secondary N) is 2. The minimum absolute atomic E-state index is 0.0818. The van der Waals surface area contributed by atoms with Crippen LogP contribution in [0.4, 0.5) is 0 Å². The quantitative estimate of drug-likeness (QED) is 0.261. The number of benzene rings is 3. The normalized spacial score (nSPS) is 11.6. The van der Waals surface area contributed by atoms with E-state index in [2.05, 4.69) is 19.5 Å². The summed E-state index contributed by atoms with van der Waals surface area (Å²) in [5.74, 6) is -0.483. The summed E-state index contributed by atoms with van der Waals surface area (Å²) in [5.41, 5.74) is 11.6. The van der Waals surface area contributed by atoms with E-state index in [1.54, 1.807) is 12.1 Å². The number of hydrogen-bond acceptors (Lipinski definition) is 6. The molecule has 0 aliphatic carbocycles. The Kier molecular flexibility index (Phi) is 5.94. The van der Waals surface area contributed by atoms with Gasteiger partial charge in [0.15, 0.2) is 0 Å². The number of rotatable bonds is 6. The third-order valence-corrected chi connectivity index (χ3v) is 6.68. The highest BCUT2D eigenvalue weighted by molar-refractivity contribution is 6.30. The molecule has 3 aromatic heterocycles. The maximum atomic E-state index is 13.6. The van der Waals surface area contributed by atoms with Gasteiger partial charge in [-0.15, -0.1) is 0 Å². The maximum absolute atomic E-state index is 13.6. The fourth-order valence-corrected chi connectivity index (χ4v) is 4.98. The highest BCUT2D eigenvalue weighted by atomic mass is 35.5. The van der Waals surface area contributed by atoms with E-state index >= 15 is 0 Å². The van der Waals surface area contributed by atoms with Crippen LogP contribution in [0.25, 0.3) is 55.5 Å². The van der Waals surface area contributed by atoms with E-state index in [1.165, 1.54) is 6.92 Å². The minimum Gasteiger partial charge on any atom is -0.392 e. The van der Waals surface area contributed by atoms with Crippen LogP contribution in [0.3, 0.4) is 0 Å². The van der Waals surface area contributed by atoms with Crippen LogP contribution in [0, 0.1) is 0 Å². The number of aromatic nitrogens is 5. The standard InChI is InChI=1S/C28H23ClN6O3/c1-15(36)38-28-33-21-13-19-20(14-22(21)34-28)32-27(37)25(31-19)24-18-5-2-3-6-23(18)35(12-4-11-30)26(24)16-7-9-17(29)10-8-16/h2-3,5-10,13-14H,4,11-12,30H2,1H3,(H,32,37)(H,33,34). The van der Waals surface area contributed by atoms with Crippen LogP contribution >= 0.6 is 11.6 Å². The van der Waals surface area contributed by atoms with Gasteiger partial charge < -0.3 is 25.0 Å². The monoisotopic (exact) mass is 526 g/mol. The van der Waals surface area contributed by atoms with Crippen LogP contribution in [-0.2, 0) is 11.3 Å². The zero-order valence-electron chi connectivity index (χ0n) is 20.4. The SMILES string of the molecule is CC(=O)Oc1nc2cc3[nH]c(=O)c(-c4c(-c5ccc(Cl)cc5)n(CCCN)c5ccccc45)nc3cc2[nH]1. The molecule has 0 aliphatic heterocycles. The first kappa shape index (κ1) is 23.9. The molecule has 6 rings (SSSR count). The number of carbonyl (C=O) groups excluding carboxylic acids is 1. The van der Waals surface area contributed by atoms with Gasteiger partial charge in [0, 0.05) is 35.0 Å². The van der Waals surface area contributed by atoms with E-state index in [-0.39, 0.29) is 11.6 Å². The van der Waals surface area contributed by atoms with Crippen LogP contribution in [0.2, 0.25) is 5.02 Å². The van der Waals surface area contributed by atoms with Gasteiger partial charge in [-0.05, 0) is 48.9 Å². The largest absolute Gasteiger partial charge is 0.392 e. The molecule has 10 heteroatoms. The van der Waals surface area contributed by atoms with Gasteiger partial charge in [0.2, 0.25) is 0 Å². The Morgan fingerprint density at radius 1 is 1.03 bits per heavy atom. The summed E-state index contributed by atoms with van der Waals surface area (Å²) in [7, 11) is 0. The topological polar surface area (TPSA) is 132 Å². The average Bonchev–Trinajstić information content (AvgIpc) is 3.43. The molecule has 6 aromatic rings. The van der Waals surface area contributed by atoms with E-state index in [0.717, 1.165) is 34.1 Å². The van der Waals surface area contributed by atoms with E-state index in [9.17, 15) is 9.59 Å². The second kappa shape index (κ2) is 9.44. The van der Waals surface area contributed by atoms with Gasteiger partial charge in [0.1, 0.15) is 5.69 Å². The predicted octanol–water partition coefficient (Wildman–Crippen LogP) is 5.02. The number of para-hydroxylation sites is 1. The number of nitrogens with two attached hydrogens (primary N) is 1. The Hall–Kier alpha value is -4.47. The van der Waals surface area contributed by atoms with Crippen molar-refractivity contribution < 1.29 is 9.53 Å². The molecule has 4 N–H and O–H groups in total. The highest BCUT2D eigenvalue weighted by Crippen LogP contribution is 2.40. The third kappa shape index (κ3) is 4.11. The lowest BCUT2D eigenvalue weighted by molar-refractivity contribution is -0.132. The number of aromatic amines is 2. The summed E-state index contributed by atoms with van der Waals surface area (Å²) in [4.78, 5) is 40.0. The van der Waals surface area contributed by atoms with Crippen LogP contribution in [0.1, 0.15) is 13.3 Å². The predicted molar refractivity (Wildman–Crippen MR) is 148 cm³/mol. The number of nitrogens with zero attached hydrogens (tertiary/aromatic N) is 3. The van der Waals surface area contributed by atoms with Gasteiger partial charge in [-0.3, -0.25) is 9.59 Å². The number of ether oxygens (including phenoxy) is 1. The van der Waals surface area contributed by atoms with E-state index in [4.69, 9.17) is 27.1 Å². The smallest absolute Gasteiger partial charge is 0.310 e. The molecule has 0 saturated heterocycles. The summed E-state index contributed by atoms with van der Waals surface area (Å²) in [5, 5.41) is 1.53. The van der Waals surface area contributed by atoms with Crippen molar-refractivity contribution in [3.63, 3.8) is 0 Å². The minimum atomic E-state index is -0.483. The molecule has 3 aromatic carbocycles. The first-order chi connectivity index (χ1) is 18.4. The molecule has 0 spiro atoms. The number of halogens is 1. The molecule has 0 fully saturated rings. The average molecular weight is 527 g/mol. The van der Waals surface area contributed by atoms with Crippen LogP contribution in [0.15, 0.2) is 65.5 Å². The van der Waals surface area contributed by atoms with Crippen LogP contribution < -0.4 is 16.0 Å². The van der Waals surface area contributed by atoms with Crippen LogP contribution in [-0.4, -0.2) is 37.0 Å². The van der Waals surface area contributed by atoms with Gasteiger partial charge in [0.05, 0.1) is 27.8 Å². The number of H-pyrrole nitrogens is 2. The van der Waals surface area contributed by atoms with E-state index < -0.39 is 5.97 Å². The summed E-state index contributed by atoms with van der Waals surface area (Å²) in [6.07, 6.45) is 0.767. The number of esters is 1. The van der Waals surface area contributed by atoms with Crippen molar-refractivity contribution in [3.05, 3.63) is 76.0 Å².